The van der Waals surface area contributed by atoms with Crippen molar-refractivity contribution in [2.75, 3.05) is 6.61 Å². The number of benzene rings is 2. The fraction of sp³-hybridized carbons (Fsp3) is 0.407. The van der Waals surface area contributed by atoms with E-state index in [0.717, 1.165) is 11.8 Å². The van der Waals surface area contributed by atoms with Crippen LogP contribution in [-0.2, 0) is 4.79 Å². The van der Waals surface area contributed by atoms with Crippen LogP contribution in [0.5, 0.6) is 11.5 Å². The number of rotatable bonds is 6. The van der Waals surface area contributed by atoms with Crippen molar-refractivity contribution in [1.29, 1.82) is 0 Å². The zero-order valence-electron chi connectivity index (χ0n) is 19.7. The van der Waals surface area contributed by atoms with Crippen LogP contribution in [0.25, 0.3) is 11.0 Å². The van der Waals surface area contributed by atoms with Crippen LogP contribution in [0.3, 0.4) is 0 Å². The molecule has 3 aromatic rings. The lowest BCUT2D eigenvalue weighted by Crippen LogP contribution is -2.23. The summed E-state index contributed by atoms with van der Waals surface area (Å²) in [6.07, 6.45) is 1.07. The van der Waals surface area contributed by atoms with Gasteiger partial charge in [-0.1, -0.05) is 53.7 Å². The maximum Gasteiger partial charge on any atom is 0.349 e. The van der Waals surface area contributed by atoms with Crippen LogP contribution in [0, 0.1) is 10.8 Å². The molecule has 0 aliphatic rings. The first-order valence-electron chi connectivity index (χ1n) is 10.9. The Balaban J connectivity index is 1.61. The van der Waals surface area contributed by atoms with E-state index in [-0.39, 0.29) is 17.4 Å². The minimum Gasteiger partial charge on any atom is -0.482 e. The minimum atomic E-state index is -0.487. The van der Waals surface area contributed by atoms with Crippen molar-refractivity contribution in [3.8, 4) is 11.5 Å². The lowest BCUT2D eigenvalue weighted by Gasteiger charge is -2.36. The summed E-state index contributed by atoms with van der Waals surface area (Å²) >= 11 is 0. The molecule has 0 aliphatic carbocycles. The molecule has 0 N–H and O–H groups in total. The molecule has 0 saturated heterocycles. The van der Waals surface area contributed by atoms with E-state index >= 15 is 0 Å². The zero-order valence-corrected chi connectivity index (χ0v) is 19.7. The van der Waals surface area contributed by atoms with Gasteiger partial charge in [-0.25, -0.2) is 9.59 Å². The van der Waals surface area contributed by atoms with Crippen molar-refractivity contribution in [1.82, 2.24) is 0 Å². The molecular formula is C27H32O5. The second-order valence-electron chi connectivity index (χ2n) is 10.5. The number of hydrogen-bond acceptors (Lipinski definition) is 5. The first kappa shape index (κ1) is 23.6. The highest BCUT2D eigenvalue weighted by Gasteiger charge is 2.30. The molecule has 1 aromatic heterocycles. The number of carbonyl (C=O) groups excluding carboxylic acids is 1. The maximum atomic E-state index is 12.3. The van der Waals surface area contributed by atoms with Gasteiger partial charge in [-0.3, -0.25) is 0 Å². The van der Waals surface area contributed by atoms with Crippen LogP contribution in [0.4, 0.5) is 0 Å². The maximum absolute atomic E-state index is 12.3. The van der Waals surface area contributed by atoms with Gasteiger partial charge in [0.25, 0.3) is 0 Å². The van der Waals surface area contributed by atoms with E-state index in [1.165, 1.54) is 11.6 Å². The van der Waals surface area contributed by atoms with Crippen molar-refractivity contribution in [3.63, 3.8) is 0 Å². The highest BCUT2D eigenvalue weighted by molar-refractivity contribution is 5.78. The van der Waals surface area contributed by atoms with Crippen molar-refractivity contribution < 1.29 is 18.7 Å². The van der Waals surface area contributed by atoms with E-state index in [9.17, 15) is 9.59 Å². The van der Waals surface area contributed by atoms with Crippen LogP contribution in [0.15, 0.2) is 63.8 Å². The summed E-state index contributed by atoms with van der Waals surface area (Å²) in [5.74, 6) is 0.896. The molecule has 1 unspecified atom stereocenters. The van der Waals surface area contributed by atoms with E-state index in [4.69, 9.17) is 13.9 Å². The first-order chi connectivity index (χ1) is 14.9. The summed E-state index contributed by atoms with van der Waals surface area (Å²) in [5.41, 5.74) is 1.64. The van der Waals surface area contributed by atoms with Crippen molar-refractivity contribution in [3.05, 3.63) is 70.6 Å². The summed E-state index contributed by atoms with van der Waals surface area (Å²) in [4.78, 5) is 23.5. The van der Waals surface area contributed by atoms with Crippen molar-refractivity contribution >= 4 is 16.9 Å². The predicted molar refractivity (Wildman–Crippen MR) is 126 cm³/mol. The van der Waals surface area contributed by atoms with Crippen LogP contribution in [-0.4, -0.2) is 12.6 Å². The van der Waals surface area contributed by atoms with Gasteiger partial charge < -0.3 is 13.9 Å². The Kier molecular flexibility index (Phi) is 6.77. The lowest BCUT2D eigenvalue weighted by molar-refractivity contribution is -0.136. The highest BCUT2D eigenvalue weighted by atomic mass is 16.6. The SMILES string of the molecule is CC(C)(C)CC(c1ccc(OC(=O)COc2ccc3oc(=O)ccc3c2)cc1)C(C)(C)C. The third-order valence-electron chi connectivity index (χ3n) is 5.32. The molecular weight excluding hydrogens is 404 g/mol. The summed E-state index contributed by atoms with van der Waals surface area (Å²) < 4.78 is 16.1. The van der Waals surface area contributed by atoms with Gasteiger partial charge in [-0.15, -0.1) is 0 Å². The molecule has 5 nitrogen and oxygen atoms in total. The summed E-state index contributed by atoms with van der Waals surface area (Å²) in [6.45, 7) is 13.3. The number of carbonyl (C=O) groups is 1. The molecule has 170 valence electrons. The van der Waals surface area contributed by atoms with Gasteiger partial charge in [0.05, 0.1) is 0 Å². The summed E-state index contributed by atoms with van der Waals surface area (Å²) in [7, 11) is 0. The predicted octanol–water partition coefficient (Wildman–Crippen LogP) is 6.34. The highest BCUT2D eigenvalue weighted by Crippen LogP contribution is 2.43. The van der Waals surface area contributed by atoms with E-state index in [0.29, 0.717) is 23.0 Å². The van der Waals surface area contributed by atoms with Gasteiger partial charge >= 0.3 is 11.6 Å². The first-order valence-corrected chi connectivity index (χ1v) is 10.9. The van der Waals surface area contributed by atoms with Crippen molar-refractivity contribution in [2.24, 2.45) is 10.8 Å². The molecule has 0 fully saturated rings. The smallest absolute Gasteiger partial charge is 0.349 e. The molecule has 0 saturated carbocycles. The number of fused-ring (bicyclic) bond motifs is 1. The number of ether oxygens (including phenoxy) is 2. The third-order valence-corrected chi connectivity index (χ3v) is 5.32. The van der Waals surface area contributed by atoms with E-state index in [1.54, 1.807) is 24.3 Å². The van der Waals surface area contributed by atoms with Gasteiger partial charge in [0.1, 0.15) is 17.1 Å². The topological polar surface area (TPSA) is 65.7 Å². The largest absolute Gasteiger partial charge is 0.482 e. The fourth-order valence-electron chi connectivity index (χ4n) is 3.75. The fourth-order valence-corrected chi connectivity index (χ4v) is 3.75. The Morgan fingerprint density at radius 3 is 2.19 bits per heavy atom. The molecule has 0 aliphatic heterocycles. The normalized spacial score (nSPS) is 13.1. The average Bonchev–Trinajstić information content (AvgIpc) is 2.70. The molecule has 0 bridgehead atoms. The van der Waals surface area contributed by atoms with Gasteiger partial charge in [0.15, 0.2) is 6.61 Å². The van der Waals surface area contributed by atoms with Crippen LogP contribution in [0.2, 0.25) is 0 Å². The molecule has 1 heterocycles. The molecule has 2 aromatic carbocycles. The number of esters is 1. The molecule has 1 atom stereocenters. The molecule has 0 amide bonds. The second kappa shape index (κ2) is 9.19. The monoisotopic (exact) mass is 436 g/mol. The Morgan fingerprint density at radius 2 is 1.56 bits per heavy atom. The Hall–Kier alpha value is -3.08. The van der Waals surface area contributed by atoms with Gasteiger partial charge in [0.2, 0.25) is 0 Å². The second-order valence-corrected chi connectivity index (χ2v) is 10.5. The molecule has 5 heteroatoms. The average molecular weight is 437 g/mol. The Labute approximate surface area is 189 Å². The molecule has 0 radical (unpaired) electrons. The lowest BCUT2D eigenvalue weighted by atomic mass is 9.69. The summed E-state index contributed by atoms with van der Waals surface area (Å²) in [5, 5.41) is 0.717. The van der Waals surface area contributed by atoms with Gasteiger partial charge in [-0.2, -0.15) is 0 Å². The van der Waals surface area contributed by atoms with Crippen LogP contribution < -0.4 is 15.1 Å². The van der Waals surface area contributed by atoms with Gasteiger partial charge in [0, 0.05) is 11.5 Å². The van der Waals surface area contributed by atoms with E-state index < -0.39 is 11.6 Å². The molecule has 3 rings (SSSR count). The van der Waals surface area contributed by atoms with Gasteiger partial charge in [-0.05, 0) is 65.1 Å². The Morgan fingerprint density at radius 1 is 0.906 bits per heavy atom. The zero-order chi connectivity index (χ0) is 23.5. The molecule has 32 heavy (non-hydrogen) atoms. The van der Waals surface area contributed by atoms with Crippen molar-refractivity contribution in [2.45, 2.75) is 53.9 Å². The quantitative estimate of drug-likeness (QED) is 0.256. The third kappa shape index (κ3) is 6.46. The summed E-state index contributed by atoms with van der Waals surface area (Å²) in [6, 6.07) is 15.8. The minimum absolute atomic E-state index is 0.127. The Bertz CT molecular complexity index is 1130. The van der Waals surface area contributed by atoms with E-state index in [1.807, 2.05) is 24.3 Å². The molecule has 0 spiro atoms. The van der Waals surface area contributed by atoms with Crippen LogP contribution >= 0.6 is 0 Å². The van der Waals surface area contributed by atoms with E-state index in [2.05, 4.69) is 41.5 Å². The van der Waals surface area contributed by atoms with Crippen LogP contribution in [0.1, 0.15) is 59.4 Å². The standard InChI is InChI=1S/C27H32O5/c1-26(2,3)16-22(27(4,5)6)18-7-10-20(11-8-18)31-25(29)17-30-21-12-13-23-19(15-21)9-14-24(28)32-23/h7-15,22H,16-17H2,1-6H3. The number of hydrogen-bond donors (Lipinski definition) is 0.